The molecular formula is C11H20N4O2. The van der Waals surface area contributed by atoms with E-state index >= 15 is 0 Å². The normalized spacial score (nSPS) is 28.7. The van der Waals surface area contributed by atoms with Gasteiger partial charge in [0.25, 0.3) is 0 Å². The van der Waals surface area contributed by atoms with Crippen LogP contribution in [-0.2, 0) is 4.79 Å². The second-order valence-electron chi connectivity index (χ2n) is 4.93. The number of nitrogens with zero attached hydrogens (tertiary/aromatic N) is 1. The van der Waals surface area contributed by atoms with E-state index in [-0.39, 0.29) is 5.91 Å². The Morgan fingerprint density at radius 1 is 1.35 bits per heavy atom. The number of carbonyl (C=O) groups excluding carboxylic acids is 2. The molecular weight excluding hydrogens is 220 g/mol. The van der Waals surface area contributed by atoms with Crippen LogP contribution in [0.5, 0.6) is 0 Å². The number of carbonyl (C=O) groups is 2. The zero-order valence-electron chi connectivity index (χ0n) is 9.95. The van der Waals surface area contributed by atoms with Crippen molar-refractivity contribution in [1.29, 1.82) is 0 Å². The highest BCUT2D eigenvalue weighted by Gasteiger charge is 2.32. The molecule has 2 saturated heterocycles. The molecule has 3 amide bonds. The maximum atomic E-state index is 11.3. The van der Waals surface area contributed by atoms with Crippen molar-refractivity contribution in [3.63, 3.8) is 0 Å². The van der Waals surface area contributed by atoms with Crippen LogP contribution in [0, 0.1) is 11.8 Å². The van der Waals surface area contributed by atoms with Crippen molar-refractivity contribution in [2.75, 3.05) is 32.7 Å². The molecule has 0 radical (unpaired) electrons. The van der Waals surface area contributed by atoms with E-state index in [0.717, 1.165) is 38.0 Å². The molecule has 2 unspecified atom stereocenters. The molecule has 96 valence electrons. The summed E-state index contributed by atoms with van der Waals surface area (Å²) in [6.07, 6.45) is 1.54. The number of nitrogens with one attached hydrogen (secondary N) is 2. The van der Waals surface area contributed by atoms with E-state index in [9.17, 15) is 9.59 Å². The van der Waals surface area contributed by atoms with Crippen molar-refractivity contribution < 1.29 is 9.59 Å². The largest absolute Gasteiger partial charge is 0.351 e. The fourth-order valence-electron chi connectivity index (χ4n) is 2.77. The third kappa shape index (κ3) is 3.41. The lowest BCUT2D eigenvalue weighted by atomic mass is 9.89. The second kappa shape index (κ2) is 5.46. The molecule has 2 aliphatic rings. The Kier molecular flexibility index (Phi) is 3.96. The SMILES string of the molecule is NC(=O)NC(=O)CCN1CCC2CNCC2C1. The van der Waals surface area contributed by atoms with Crippen LogP contribution in [0.25, 0.3) is 0 Å². The summed E-state index contributed by atoms with van der Waals surface area (Å²) in [6, 6.07) is -0.770. The number of likely N-dealkylation sites (tertiary alicyclic amines) is 1. The molecule has 0 aliphatic carbocycles. The molecule has 0 aromatic heterocycles. The summed E-state index contributed by atoms with van der Waals surface area (Å²) in [5, 5.41) is 5.50. The van der Waals surface area contributed by atoms with Gasteiger partial charge in [-0.2, -0.15) is 0 Å². The van der Waals surface area contributed by atoms with Crippen molar-refractivity contribution in [1.82, 2.24) is 15.5 Å². The van der Waals surface area contributed by atoms with E-state index in [1.54, 1.807) is 0 Å². The molecule has 2 heterocycles. The molecule has 2 fully saturated rings. The Morgan fingerprint density at radius 2 is 2.12 bits per heavy atom. The van der Waals surface area contributed by atoms with Crippen LogP contribution in [0.1, 0.15) is 12.8 Å². The lowest BCUT2D eigenvalue weighted by Gasteiger charge is -2.34. The third-order valence-electron chi connectivity index (χ3n) is 3.71. The summed E-state index contributed by atoms with van der Waals surface area (Å²) in [4.78, 5) is 24.1. The number of imide groups is 1. The first-order valence-corrected chi connectivity index (χ1v) is 6.17. The maximum Gasteiger partial charge on any atom is 0.318 e. The van der Waals surface area contributed by atoms with Crippen molar-refractivity contribution >= 4 is 11.9 Å². The molecule has 0 bridgehead atoms. The lowest BCUT2D eigenvalue weighted by Crippen LogP contribution is -2.42. The standard InChI is InChI=1S/C11H20N4O2/c12-11(17)14-10(16)2-4-15-3-1-8-5-13-6-9(8)7-15/h8-9,13H,1-7H2,(H3,12,14,16,17). The number of primary amides is 1. The Labute approximate surface area is 101 Å². The number of hydrogen-bond acceptors (Lipinski definition) is 4. The summed E-state index contributed by atoms with van der Waals surface area (Å²) in [7, 11) is 0. The minimum atomic E-state index is -0.770. The number of piperidine rings is 1. The smallest absolute Gasteiger partial charge is 0.318 e. The number of hydrogen-bond donors (Lipinski definition) is 3. The zero-order valence-corrected chi connectivity index (χ0v) is 9.95. The van der Waals surface area contributed by atoms with E-state index in [1.807, 2.05) is 0 Å². The summed E-state index contributed by atoms with van der Waals surface area (Å²) in [5.41, 5.74) is 4.88. The van der Waals surface area contributed by atoms with Gasteiger partial charge < -0.3 is 16.0 Å². The van der Waals surface area contributed by atoms with Crippen LogP contribution < -0.4 is 16.4 Å². The van der Waals surface area contributed by atoms with Gasteiger partial charge in [0.1, 0.15) is 0 Å². The minimum Gasteiger partial charge on any atom is -0.351 e. The van der Waals surface area contributed by atoms with Crippen molar-refractivity contribution in [3.8, 4) is 0 Å². The van der Waals surface area contributed by atoms with Crippen LogP contribution in [0.15, 0.2) is 0 Å². The zero-order chi connectivity index (χ0) is 12.3. The molecule has 17 heavy (non-hydrogen) atoms. The molecule has 6 heteroatoms. The second-order valence-corrected chi connectivity index (χ2v) is 4.93. The summed E-state index contributed by atoms with van der Waals surface area (Å²) >= 11 is 0. The van der Waals surface area contributed by atoms with E-state index < -0.39 is 6.03 Å². The van der Waals surface area contributed by atoms with Crippen LogP contribution in [0.2, 0.25) is 0 Å². The molecule has 2 atom stereocenters. The number of fused-ring (bicyclic) bond motifs is 1. The van der Waals surface area contributed by atoms with Gasteiger partial charge in [0, 0.05) is 19.5 Å². The number of rotatable bonds is 3. The Morgan fingerprint density at radius 3 is 2.88 bits per heavy atom. The van der Waals surface area contributed by atoms with Crippen molar-refractivity contribution in [3.05, 3.63) is 0 Å². The summed E-state index contributed by atoms with van der Waals surface area (Å²) in [5.74, 6) is 1.25. The van der Waals surface area contributed by atoms with Crippen LogP contribution in [0.4, 0.5) is 4.79 Å². The molecule has 2 aliphatic heterocycles. The van der Waals surface area contributed by atoms with E-state index in [2.05, 4.69) is 15.5 Å². The first-order chi connectivity index (χ1) is 8.15. The van der Waals surface area contributed by atoms with Gasteiger partial charge in [-0.15, -0.1) is 0 Å². The molecule has 4 N–H and O–H groups in total. The van der Waals surface area contributed by atoms with E-state index in [1.165, 1.54) is 6.42 Å². The number of nitrogens with two attached hydrogens (primary N) is 1. The fourth-order valence-corrected chi connectivity index (χ4v) is 2.77. The molecule has 6 nitrogen and oxygen atoms in total. The number of urea groups is 1. The molecule has 0 aromatic rings. The quantitative estimate of drug-likeness (QED) is 0.597. The monoisotopic (exact) mass is 240 g/mol. The highest BCUT2D eigenvalue weighted by atomic mass is 16.2. The highest BCUT2D eigenvalue weighted by molar-refractivity contribution is 5.93. The van der Waals surface area contributed by atoms with Crippen LogP contribution in [-0.4, -0.2) is 49.6 Å². The Hall–Kier alpha value is -1.14. The third-order valence-corrected chi connectivity index (χ3v) is 3.71. The van der Waals surface area contributed by atoms with Gasteiger partial charge in [0.15, 0.2) is 0 Å². The topological polar surface area (TPSA) is 87.5 Å². The Bertz CT molecular complexity index is 308. The van der Waals surface area contributed by atoms with Crippen LogP contribution in [0.3, 0.4) is 0 Å². The molecule has 2 rings (SSSR count). The van der Waals surface area contributed by atoms with Gasteiger partial charge in [0.2, 0.25) is 5.91 Å². The first kappa shape index (κ1) is 12.3. The predicted molar refractivity (Wildman–Crippen MR) is 63.2 cm³/mol. The van der Waals surface area contributed by atoms with E-state index in [4.69, 9.17) is 5.73 Å². The average Bonchev–Trinajstić information content (AvgIpc) is 2.72. The highest BCUT2D eigenvalue weighted by Crippen LogP contribution is 2.26. The molecule has 0 saturated carbocycles. The van der Waals surface area contributed by atoms with Gasteiger partial charge in [-0.05, 0) is 37.9 Å². The fraction of sp³-hybridized carbons (Fsp3) is 0.818. The molecule has 0 spiro atoms. The van der Waals surface area contributed by atoms with Gasteiger partial charge in [0.05, 0.1) is 0 Å². The predicted octanol–water partition coefficient (Wildman–Crippen LogP) is -0.887. The Balaban J connectivity index is 1.69. The van der Waals surface area contributed by atoms with Gasteiger partial charge >= 0.3 is 6.03 Å². The van der Waals surface area contributed by atoms with Gasteiger partial charge in [-0.3, -0.25) is 10.1 Å². The van der Waals surface area contributed by atoms with E-state index in [0.29, 0.717) is 13.0 Å². The van der Waals surface area contributed by atoms with Crippen molar-refractivity contribution in [2.45, 2.75) is 12.8 Å². The van der Waals surface area contributed by atoms with Gasteiger partial charge in [-0.25, -0.2) is 4.79 Å². The molecule has 0 aromatic carbocycles. The minimum absolute atomic E-state index is 0.288. The lowest BCUT2D eigenvalue weighted by molar-refractivity contribution is -0.120. The number of amides is 3. The van der Waals surface area contributed by atoms with Crippen LogP contribution >= 0.6 is 0 Å². The average molecular weight is 240 g/mol. The summed E-state index contributed by atoms with van der Waals surface area (Å²) < 4.78 is 0. The maximum absolute atomic E-state index is 11.3. The first-order valence-electron chi connectivity index (χ1n) is 6.17. The van der Waals surface area contributed by atoms with Gasteiger partial charge in [-0.1, -0.05) is 0 Å². The summed E-state index contributed by atoms with van der Waals surface area (Å²) in [6.45, 7) is 5.05. The van der Waals surface area contributed by atoms with Crippen molar-refractivity contribution in [2.24, 2.45) is 17.6 Å².